The van der Waals surface area contributed by atoms with Crippen LogP contribution in [0.15, 0.2) is 84.9 Å². The van der Waals surface area contributed by atoms with Crippen LogP contribution in [-0.2, 0) is 19.1 Å². The number of carbonyl (C=O) groups excluding carboxylic acids is 2. The molecule has 8 heteroatoms. The van der Waals surface area contributed by atoms with Gasteiger partial charge in [0, 0.05) is 12.2 Å². The molecule has 0 fully saturated rings. The van der Waals surface area contributed by atoms with E-state index in [0.29, 0.717) is 5.75 Å². The van der Waals surface area contributed by atoms with Crippen LogP contribution in [0.4, 0.5) is 0 Å². The van der Waals surface area contributed by atoms with Crippen molar-refractivity contribution in [2.45, 2.75) is 23.6 Å². The Balaban J connectivity index is 1.93. The number of methoxy groups -OCH3 is 1. The topological polar surface area (TPSA) is 119 Å². The molecule has 0 aliphatic carbocycles. The predicted octanol–water partition coefficient (Wildman–Crippen LogP) is 3.56. The van der Waals surface area contributed by atoms with E-state index >= 15 is 0 Å². The minimum Gasteiger partial charge on any atom is -0.497 e. The summed E-state index contributed by atoms with van der Waals surface area (Å²) in [4.78, 5) is 35.1. The maximum absolute atomic E-state index is 12.6. The molecule has 3 aromatic carbocycles. The number of benzene rings is 3. The minimum absolute atomic E-state index is 0.0603. The van der Waals surface area contributed by atoms with Gasteiger partial charge in [0.25, 0.3) is 0 Å². The van der Waals surface area contributed by atoms with E-state index in [1.165, 1.54) is 0 Å². The van der Waals surface area contributed by atoms with Crippen molar-refractivity contribution < 1.29 is 24.2 Å². The van der Waals surface area contributed by atoms with Gasteiger partial charge in [-0.15, -0.1) is 11.8 Å². The first-order valence-electron chi connectivity index (χ1n) is 11.1. The summed E-state index contributed by atoms with van der Waals surface area (Å²) in [7, 11) is 1.62. The number of primary amides is 1. The first-order valence-corrected chi connectivity index (χ1v) is 12.1. The number of carboxylic acids is 1. The van der Waals surface area contributed by atoms with Crippen LogP contribution in [-0.4, -0.2) is 41.8 Å². The number of nitrogens with two attached hydrogens (primary N) is 1. The molecule has 0 spiro atoms. The Hall–Kier alpha value is -3.78. The van der Waals surface area contributed by atoms with E-state index in [1.807, 2.05) is 60.7 Å². The van der Waals surface area contributed by atoms with Crippen LogP contribution < -0.4 is 15.8 Å². The van der Waals surface area contributed by atoms with Gasteiger partial charge in [0.15, 0.2) is 0 Å². The molecule has 3 aromatic rings. The number of carbonyl (C=O) groups is 3. The number of hydrogen-bond acceptors (Lipinski definition) is 5. The average molecular weight is 493 g/mol. The molecule has 4 N–H and O–H groups in total. The standard InChI is InChI=1S/C27H28N2O5S/c1-34-22-14-12-21(13-15-22)27(19-8-4-2-5-9-19,20-10-6-3-7-11-20)35-17-16-25(31)29-23(26(32)33)18-24(28)30/h2-15,23H,16-18H2,1H3,(H2,28,30)(H,29,31)(H,32,33)/t23-/m0/s1. The van der Waals surface area contributed by atoms with Crippen LogP contribution in [0.25, 0.3) is 0 Å². The van der Waals surface area contributed by atoms with Crippen molar-refractivity contribution in [3.63, 3.8) is 0 Å². The number of rotatable bonds is 12. The fraction of sp³-hybridized carbons (Fsp3) is 0.222. The zero-order valence-electron chi connectivity index (χ0n) is 19.3. The summed E-state index contributed by atoms with van der Waals surface area (Å²) >= 11 is 1.58. The van der Waals surface area contributed by atoms with Crippen molar-refractivity contribution in [3.8, 4) is 5.75 Å². The normalized spacial score (nSPS) is 11.9. The molecule has 0 heterocycles. The largest absolute Gasteiger partial charge is 0.497 e. The monoisotopic (exact) mass is 492 g/mol. The molecule has 182 valence electrons. The molecule has 0 aliphatic heterocycles. The molecule has 0 bridgehead atoms. The average Bonchev–Trinajstić information content (AvgIpc) is 2.87. The lowest BCUT2D eigenvalue weighted by Crippen LogP contribution is -2.43. The summed E-state index contributed by atoms with van der Waals surface area (Å²) in [5, 5.41) is 11.7. The molecule has 2 amide bonds. The first-order chi connectivity index (χ1) is 16.9. The van der Waals surface area contributed by atoms with E-state index in [2.05, 4.69) is 29.6 Å². The van der Waals surface area contributed by atoms with Gasteiger partial charge < -0.3 is 20.9 Å². The summed E-state index contributed by atoms with van der Waals surface area (Å²) in [6, 6.07) is 26.5. The Morgan fingerprint density at radius 1 is 0.914 bits per heavy atom. The lowest BCUT2D eigenvalue weighted by molar-refractivity contribution is -0.143. The van der Waals surface area contributed by atoms with Gasteiger partial charge in [0.05, 0.1) is 18.3 Å². The highest BCUT2D eigenvalue weighted by atomic mass is 32.2. The van der Waals surface area contributed by atoms with Gasteiger partial charge in [-0.1, -0.05) is 72.8 Å². The SMILES string of the molecule is COc1ccc(C(SCCC(=O)N[C@@H](CC(N)=O)C(=O)O)(c2ccccc2)c2ccccc2)cc1. The molecular weight excluding hydrogens is 464 g/mol. The van der Waals surface area contributed by atoms with Crippen molar-refractivity contribution in [1.29, 1.82) is 0 Å². The highest BCUT2D eigenvalue weighted by Gasteiger charge is 2.37. The van der Waals surface area contributed by atoms with Crippen molar-refractivity contribution in [2.24, 2.45) is 5.73 Å². The highest BCUT2D eigenvalue weighted by molar-refractivity contribution is 8.00. The minimum atomic E-state index is -1.35. The Kier molecular flexibility index (Phi) is 8.92. The second-order valence-electron chi connectivity index (χ2n) is 7.87. The second kappa shape index (κ2) is 12.1. The Morgan fingerprint density at radius 3 is 1.89 bits per heavy atom. The number of ether oxygens (including phenoxy) is 1. The lowest BCUT2D eigenvalue weighted by atomic mass is 9.84. The summed E-state index contributed by atoms with van der Waals surface area (Å²) < 4.78 is 4.72. The van der Waals surface area contributed by atoms with Gasteiger partial charge >= 0.3 is 5.97 Å². The molecule has 35 heavy (non-hydrogen) atoms. The molecule has 3 rings (SSSR count). The smallest absolute Gasteiger partial charge is 0.326 e. The van der Waals surface area contributed by atoms with Crippen LogP contribution in [0.2, 0.25) is 0 Å². The Labute approximate surface area is 208 Å². The maximum atomic E-state index is 12.6. The molecule has 1 atom stereocenters. The molecule has 0 radical (unpaired) electrons. The molecule has 7 nitrogen and oxygen atoms in total. The number of aliphatic carboxylic acids is 1. The third-order valence-corrected chi connectivity index (χ3v) is 7.09. The third kappa shape index (κ3) is 6.42. The van der Waals surface area contributed by atoms with Crippen molar-refractivity contribution in [1.82, 2.24) is 5.32 Å². The Morgan fingerprint density at radius 2 is 1.43 bits per heavy atom. The van der Waals surface area contributed by atoms with Crippen LogP contribution >= 0.6 is 11.8 Å². The van der Waals surface area contributed by atoms with E-state index in [4.69, 9.17) is 10.5 Å². The van der Waals surface area contributed by atoms with Gasteiger partial charge in [-0.2, -0.15) is 0 Å². The molecule has 0 aromatic heterocycles. The van der Waals surface area contributed by atoms with E-state index in [1.54, 1.807) is 18.9 Å². The van der Waals surface area contributed by atoms with Crippen LogP contribution in [0, 0.1) is 0 Å². The molecular formula is C27H28N2O5S. The summed E-state index contributed by atoms with van der Waals surface area (Å²) in [6.07, 6.45) is -0.400. The van der Waals surface area contributed by atoms with E-state index in [0.717, 1.165) is 22.4 Å². The fourth-order valence-corrected chi connectivity index (χ4v) is 5.39. The van der Waals surface area contributed by atoms with Gasteiger partial charge in [-0.3, -0.25) is 9.59 Å². The van der Waals surface area contributed by atoms with Crippen LogP contribution in [0.1, 0.15) is 29.5 Å². The quantitative estimate of drug-likeness (QED) is 0.333. The zero-order valence-corrected chi connectivity index (χ0v) is 20.2. The van der Waals surface area contributed by atoms with Crippen LogP contribution in [0.5, 0.6) is 5.75 Å². The summed E-state index contributed by atoms with van der Waals surface area (Å²) in [6.45, 7) is 0. The summed E-state index contributed by atoms with van der Waals surface area (Å²) in [5.74, 6) is -1.42. The third-order valence-electron chi connectivity index (χ3n) is 5.54. The molecule has 0 saturated carbocycles. The molecule has 0 aliphatic rings. The van der Waals surface area contributed by atoms with Gasteiger partial charge in [-0.05, 0) is 28.8 Å². The van der Waals surface area contributed by atoms with Gasteiger partial charge in [0.2, 0.25) is 11.8 Å². The number of hydrogen-bond donors (Lipinski definition) is 3. The van der Waals surface area contributed by atoms with Crippen molar-refractivity contribution >= 4 is 29.5 Å². The number of amides is 2. The van der Waals surface area contributed by atoms with E-state index in [9.17, 15) is 19.5 Å². The fourth-order valence-electron chi connectivity index (χ4n) is 3.89. The number of carboxylic acid groups (broad SMARTS) is 1. The van der Waals surface area contributed by atoms with E-state index in [-0.39, 0.29) is 6.42 Å². The van der Waals surface area contributed by atoms with Crippen LogP contribution in [0.3, 0.4) is 0 Å². The van der Waals surface area contributed by atoms with Gasteiger partial charge in [0.1, 0.15) is 11.8 Å². The predicted molar refractivity (Wildman–Crippen MR) is 136 cm³/mol. The Bertz CT molecular complexity index is 1100. The second-order valence-corrected chi connectivity index (χ2v) is 9.18. The number of nitrogens with one attached hydrogen (secondary N) is 1. The summed E-state index contributed by atoms with van der Waals surface area (Å²) in [5.41, 5.74) is 8.20. The van der Waals surface area contributed by atoms with E-state index < -0.39 is 35.0 Å². The lowest BCUT2D eigenvalue weighted by Gasteiger charge is -2.35. The number of thioether (sulfide) groups is 1. The maximum Gasteiger partial charge on any atom is 0.326 e. The molecule has 0 unspecified atom stereocenters. The van der Waals surface area contributed by atoms with Crippen molar-refractivity contribution in [3.05, 3.63) is 102 Å². The zero-order chi connectivity index (χ0) is 25.3. The highest BCUT2D eigenvalue weighted by Crippen LogP contribution is 2.48. The molecule has 0 saturated heterocycles. The van der Waals surface area contributed by atoms with Crippen molar-refractivity contribution in [2.75, 3.05) is 12.9 Å². The first kappa shape index (κ1) is 25.8. The van der Waals surface area contributed by atoms with Gasteiger partial charge in [-0.25, -0.2) is 4.79 Å².